The number of anilines is 1. The van der Waals surface area contributed by atoms with E-state index >= 15 is 0 Å². The molecule has 0 heterocycles. The third kappa shape index (κ3) is 3.12. The molecule has 0 radical (unpaired) electrons. The monoisotopic (exact) mass is 254 g/mol. The van der Waals surface area contributed by atoms with Crippen LogP contribution < -0.4 is 15.8 Å². The Bertz CT molecular complexity index is 430. The molecular weight excluding hydrogens is 236 g/mol. The van der Waals surface area contributed by atoms with E-state index in [1.165, 1.54) is 26.2 Å². The summed E-state index contributed by atoms with van der Waals surface area (Å²) >= 11 is 0. The quantitative estimate of drug-likeness (QED) is 0.542. The van der Waals surface area contributed by atoms with Crippen LogP contribution in [-0.2, 0) is 0 Å². The van der Waals surface area contributed by atoms with E-state index in [0.717, 1.165) is 0 Å². The summed E-state index contributed by atoms with van der Waals surface area (Å²) in [6, 6.07) is 4.67. The predicted octanol–water partition coefficient (Wildman–Crippen LogP) is -0.250. The normalized spacial score (nSPS) is 11.1. The summed E-state index contributed by atoms with van der Waals surface area (Å²) in [5, 5.41) is 20.7. The van der Waals surface area contributed by atoms with E-state index < -0.39 is 11.4 Å². The number of methoxy groups -OCH3 is 1. The van der Waals surface area contributed by atoms with Crippen molar-refractivity contribution in [2.75, 3.05) is 26.1 Å². The van der Waals surface area contributed by atoms with Crippen molar-refractivity contribution in [3.05, 3.63) is 23.8 Å². The van der Waals surface area contributed by atoms with Crippen LogP contribution in [-0.4, -0.2) is 42.0 Å². The Labute approximate surface area is 105 Å². The van der Waals surface area contributed by atoms with E-state index in [2.05, 4.69) is 5.32 Å². The molecule has 0 aliphatic heterocycles. The fraction of sp³-hybridized carbons (Fsp3) is 0.417. The van der Waals surface area contributed by atoms with Gasteiger partial charge in [-0.25, -0.2) is 0 Å². The number of aliphatic hydroxyl groups is 2. The molecule has 0 unspecified atom stereocenters. The number of nitrogens with one attached hydrogen (secondary N) is 1. The minimum absolute atomic E-state index is 0.268. The molecule has 1 amide bonds. The Kier molecular flexibility index (Phi) is 4.52. The standard InChI is InChI=1S/C12H18N2O4/c1-12(6-15,7-16)14-11(17)9-4-3-8(18-2)5-10(9)13/h3-5,15-16H,6-7,13H2,1-2H3,(H,14,17). The van der Waals surface area contributed by atoms with Crippen molar-refractivity contribution >= 4 is 11.6 Å². The Balaban J connectivity index is 2.91. The van der Waals surface area contributed by atoms with E-state index in [-0.39, 0.29) is 24.5 Å². The number of ether oxygens (including phenoxy) is 1. The molecule has 1 aromatic carbocycles. The molecule has 0 aromatic heterocycles. The van der Waals surface area contributed by atoms with Crippen molar-refractivity contribution < 1.29 is 19.7 Å². The van der Waals surface area contributed by atoms with Gasteiger partial charge < -0.3 is 26.0 Å². The van der Waals surface area contributed by atoms with Gasteiger partial charge in [0.05, 0.1) is 31.4 Å². The van der Waals surface area contributed by atoms with Gasteiger partial charge in [0.1, 0.15) is 5.75 Å². The Hall–Kier alpha value is -1.79. The van der Waals surface area contributed by atoms with E-state index in [4.69, 9.17) is 20.7 Å². The fourth-order valence-corrected chi connectivity index (χ4v) is 1.35. The number of rotatable bonds is 5. The van der Waals surface area contributed by atoms with Crippen LogP contribution in [0.5, 0.6) is 5.75 Å². The van der Waals surface area contributed by atoms with Crippen LogP contribution in [0.2, 0.25) is 0 Å². The second kappa shape index (κ2) is 5.70. The third-order valence-corrected chi connectivity index (χ3v) is 2.62. The number of aliphatic hydroxyl groups excluding tert-OH is 2. The SMILES string of the molecule is COc1ccc(C(=O)NC(C)(CO)CO)c(N)c1. The van der Waals surface area contributed by atoms with Crippen LogP contribution >= 0.6 is 0 Å². The smallest absolute Gasteiger partial charge is 0.253 e. The Morgan fingerprint density at radius 3 is 2.50 bits per heavy atom. The maximum atomic E-state index is 11.9. The van der Waals surface area contributed by atoms with Crippen molar-refractivity contribution in [2.24, 2.45) is 0 Å². The van der Waals surface area contributed by atoms with E-state index in [1.54, 1.807) is 6.07 Å². The lowest BCUT2D eigenvalue weighted by atomic mass is 10.0. The highest BCUT2D eigenvalue weighted by Crippen LogP contribution is 2.20. The zero-order valence-electron chi connectivity index (χ0n) is 10.4. The van der Waals surface area contributed by atoms with Crippen molar-refractivity contribution in [1.82, 2.24) is 5.32 Å². The van der Waals surface area contributed by atoms with Gasteiger partial charge in [-0.3, -0.25) is 4.79 Å². The zero-order valence-corrected chi connectivity index (χ0v) is 10.4. The number of nitrogens with two attached hydrogens (primary N) is 1. The molecule has 0 aliphatic rings. The summed E-state index contributed by atoms with van der Waals surface area (Å²) in [5.74, 6) is 0.0943. The highest BCUT2D eigenvalue weighted by molar-refractivity contribution is 5.99. The highest BCUT2D eigenvalue weighted by atomic mass is 16.5. The third-order valence-electron chi connectivity index (χ3n) is 2.62. The van der Waals surface area contributed by atoms with Crippen LogP contribution in [0.15, 0.2) is 18.2 Å². The molecule has 0 spiro atoms. The van der Waals surface area contributed by atoms with Gasteiger partial charge in [-0.1, -0.05) is 0 Å². The first-order valence-corrected chi connectivity index (χ1v) is 5.43. The van der Waals surface area contributed by atoms with Gasteiger partial charge in [-0.05, 0) is 19.1 Å². The summed E-state index contributed by atoms with van der Waals surface area (Å²) in [6.07, 6.45) is 0. The van der Waals surface area contributed by atoms with E-state index in [9.17, 15) is 4.79 Å². The number of hydrogen-bond acceptors (Lipinski definition) is 5. The summed E-state index contributed by atoms with van der Waals surface area (Å²) in [4.78, 5) is 11.9. The number of nitrogen functional groups attached to an aromatic ring is 1. The lowest BCUT2D eigenvalue weighted by Crippen LogP contribution is -2.51. The van der Waals surface area contributed by atoms with Crippen molar-refractivity contribution in [3.63, 3.8) is 0 Å². The average molecular weight is 254 g/mol. The zero-order chi connectivity index (χ0) is 13.8. The van der Waals surface area contributed by atoms with Gasteiger partial charge in [0.15, 0.2) is 0 Å². The minimum atomic E-state index is -1.08. The number of carbonyl (C=O) groups is 1. The summed E-state index contributed by atoms with van der Waals surface area (Å²) in [5.41, 5.74) is 5.19. The van der Waals surface area contributed by atoms with Gasteiger partial charge >= 0.3 is 0 Å². The fourth-order valence-electron chi connectivity index (χ4n) is 1.35. The van der Waals surface area contributed by atoms with Gasteiger partial charge in [0.25, 0.3) is 5.91 Å². The number of benzene rings is 1. The first kappa shape index (κ1) is 14.3. The second-order valence-electron chi connectivity index (χ2n) is 4.28. The van der Waals surface area contributed by atoms with Crippen LogP contribution in [0.1, 0.15) is 17.3 Å². The molecule has 18 heavy (non-hydrogen) atoms. The lowest BCUT2D eigenvalue weighted by molar-refractivity contribution is 0.0724. The molecule has 6 heteroatoms. The first-order valence-electron chi connectivity index (χ1n) is 5.43. The van der Waals surface area contributed by atoms with Crippen LogP contribution in [0.25, 0.3) is 0 Å². The van der Waals surface area contributed by atoms with Crippen LogP contribution in [0, 0.1) is 0 Å². The molecule has 100 valence electrons. The summed E-state index contributed by atoms with van der Waals surface area (Å²) in [6.45, 7) is 0.793. The maximum Gasteiger partial charge on any atom is 0.253 e. The van der Waals surface area contributed by atoms with Gasteiger partial charge in [0.2, 0.25) is 0 Å². The number of hydrogen-bond donors (Lipinski definition) is 4. The second-order valence-corrected chi connectivity index (χ2v) is 4.28. The summed E-state index contributed by atoms with van der Waals surface area (Å²) < 4.78 is 4.98. The minimum Gasteiger partial charge on any atom is -0.497 e. The number of amides is 1. The number of carbonyl (C=O) groups excluding carboxylic acids is 1. The van der Waals surface area contributed by atoms with Crippen LogP contribution in [0.3, 0.4) is 0 Å². The van der Waals surface area contributed by atoms with E-state index in [1.807, 2.05) is 0 Å². The first-order chi connectivity index (χ1) is 8.45. The summed E-state index contributed by atoms with van der Waals surface area (Å²) in [7, 11) is 1.50. The van der Waals surface area contributed by atoms with Gasteiger partial charge in [-0.15, -0.1) is 0 Å². The predicted molar refractivity (Wildman–Crippen MR) is 67.4 cm³/mol. The van der Waals surface area contributed by atoms with E-state index in [0.29, 0.717) is 5.75 Å². The molecule has 5 N–H and O–H groups in total. The molecular formula is C12H18N2O4. The average Bonchev–Trinajstić information content (AvgIpc) is 2.38. The maximum absolute atomic E-state index is 11.9. The Morgan fingerprint density at radius 2 is 2.06 bits per heavy atom. The topological polar surface area (TPSA) is 105 Å². The Morgan fingerprint density at radius 1 is 1.44 bits per heavy atom. The van der Waals surface area contributed by atoms with Crippen molar-refractivity contribution in [2.45, 2.75) is 12.5 Å². The van der Waals surface area contributed by atoms with Crippen LogP contribution in [0.4, 0.5) is 5.69 Å². The molecule has 0 saturated carbocycles. The van der Waals surface area contributed by atoms with Gasteiger partial charge in [-0.2, -0.15) is 0 Å². The molecule has 0 atom stereocenters. The van der Waals surface area contributed by atoms with Crippen molar-refractivity contribution in [3.8, 4) is 5.75 Å². The molecule has 1 rings (SSSR count). The lowest BCUT2D eigenvalue weighted by Gasteiger charge is -2.26. The molecule has 0 saturated heterocycles. The molecule has 6 nitrogen and oxygen atoms in total. The van der Waals surface area contributed by atoms with Crippen molar-refractivity contribution in [1.29, 1.82) is 0 Å². The van der Waals surface area contributed by atoms with Gasteiger partial charge in [0, 0.05) is 11.8 Å². The molecule has 0 aliphatic carbocycles. The molecule has 0 fully saturated rings. The largest absolute Gasteiger partial charge is 0.497 e. The molecule has 0 bridgehead atoms. The molecule has 1 aromatic rings. The highest BCUT2D eigenvalue weighted by Gasteiger charge is 2.25.